The maximum absolute atomic E-state index is 13.2. The van der Waals surface area contributed by atoms with Crippen molar-refractivity contribution in [3.8, 4) is 0 Å². The molecule has 0 saturated carbocycles. The van der Waals surface area contributed by atoms with Crippen LogP contribution in [0.15, 0.2) is 72.9 Å². The Kier molecular flexibility index (Phi) is 39.7. The number of aliphatic hydroxyl groups is 8. The second-order valence-electron chi connectivity index (χ2n) is 19.7. The summed E-state index contributed by atoms with van der Waals surface area (Å²) in [6.07, 6.45) is 39.9. The maximum Gasteiger partial charge on any atom is 0.220 e. The fourth-order valence-corrected chi connectivity index (χ4v) is 8.87. The summed E-state index contributed by atoms with van der Waals surface area (Å²) < 4.78 is 22.6. The molecule has 2 aliphatic rings. The molecule has 0 radical (unpaired) electrons. The van der Waals surface area contributed by atoms with Gasteiger partial charge in [-0.1, -0.05) is 183 Å². The van der Waals surface area contributed by atoms with Crippen molar-refractivity contribution >= 4 is 5.91 Å². The van der Waals surface area contributed by atoms with Gasteiger partial charge in [-0.2, -0.15) is 0 Å². The second kappa shape index (κ2) is 43.6. The van der Waals surface area contributed by atoms with Crippen LogP contribution in [0.1, 0.15) is 194 Å². The highest BCUT2D eigenvalue weighted by atomic mass is 16.7. The first-order valence-corrected chi connectivity index (χ1v) is 28.1. The minimum Gasteiger partial charge on any atom is -0.394 e. The van der Waals surface area contributed by atoms with E-state index >= 15 is 0 Å². The number of carbonyl (C=O) groups is 1. The van der Waals surface area contributed by atoms with Crippen molar-refractivity contribution in [2.75, 3.05) is 19.8 Å². The quantitative estimate of drug-likeness (QED) is 0.0206. The summed E-state index contributed by atoms with van der Waals surface area (Å²) in [5, 5.41) is 86.6. The lowest BCUT2D eigenvalue weighted by molar-refractivity contribution is -0.359. The van der Waals surface area contributed by atoms with Crippen molar-refractivity contribution in [2.45, 2.75) is 267 Å². The molecular formula is C58H101NO13. The maximum atomic E-state index is 13.2. The molecule has 14 nitrogen and oxygen atoms in total. The van der Waals surface area contributed by atoms with Crippen LogP contribution in [0.4, 0.5) is 0 Å². The van der Waals surface area contributed by atoms with Gasteiger partial charge in [0.2, 0.25) is 5.91 Å². The van der Waals surface area contributed by atoms with E-state index in [0.717, 1.165) is 51.4 Å². The Morgan fingerprint density at radius 1 is 0.528 bits per heavy atom. The van der Waals surface area contributed by atoms with E-state index in [1.807, 2.05) is 19.1 Å². The first kappa shape index (κ1) is 65.5. The fourth-order valence-electron chi connectivity index (χ4n) is 8.87. The number of nitrogens with one attached hydrogen (secondary N) is 1. The number of unbranched alkanes of at least 4 members (excludes halogenated alkanes) is 21. The van der Waals surface area contributed by atoms with Crippen LogP contribution in [0.25, 0.3) is 0 Å². The van der Waals surface area contributed by atoms with Gasteiger partial charge in [-0.3, -0.25) is 4.79 Å². The molecule has 2 heterocycles. The third-order valence-electron chi connectivity index (χ3n) is 13.4. The molecule has 72 heavy (non-hydrogen) atoms. The summed E-state index contributed by atoms with van der Waals surface area (Å²) in [6, 6.07) is -0.939. The predicted octanol–water partition coefficient (Wildman–Crippen LogP) is 8.77. The average Bonchev–Trinajstić information content (AvgIpc) is 3.38. The third-order valence-corrected chi connectivity index (χ3v) is 13.4. The van der Waals surface area contributed by atoms with Crippen LogP contribution in [0.5, 0.6) is 0 Å². The van der Waals surface area contributed by atoms with Crippen LogP contribution >= 0.6 is 0 Å². The smallest absolute Gasteiger partial charge is 0.220 e. The zero-order valence-corrected chi connectivity index (χ0v) is 44.4. The van der Waals surface area contributed by atoms with Crippen molar-refractivity contribution in [2.24, 2.45) is 0 Å². The Morgan fingerprint density at radius 3 is 1.53 bits per heavy atom. The van der Waals surface area contributed by atoms with Gasteiger partial charge in [0.1, 0.15) is 48.8 Å². The Balaban J connectivity index is 1.67. The van der Waals surface area contributed by atoms with Crippen molar-refractivity contribution in [3.05, 3.63) is 72.9 Å². The lowest BCUT2D eigenvalue weighted by atomic mass is 9.97. The number of amides is 1. The summed E-state index contributed by atoms with van der Waals surface area (Å²) in [7, 11) is 0. The van der Waals surface area contributed by atoms with Gasteiger partial charge in [0.05, 0.1) is 32.0 Å². The van der Waals surface area contributed by atoms with E-state index in [1.165, 1.54) is 109 Å². The van der Waals surface area contributed by atoms with Crippen molar-refractivity contribution in [1.29, 1.82) is 0 Å². The molecule has 0 aromatic carbocycles. The Hall–Kier alpha value is -2.57. The normalized spacial score (nSPS) is 26.1. The summed E-state index contributed by atoms with van der Waals surface area (Å²) in [5.74, 6) is -0.260. The van der Waals surface area contributed by atoms with Crippen LogP contribution in [-0.4, -0.2) is 140 Å². The van der Waals surface area contributed by atoms with Crippen LogP contribution in [0.3, 0.4) is 0 Å². The molecule has 0 aromatic rings. The van der Waals surface area contributed by atoms with Gasteiger partial charge >= 0.3 is 0 Å². The molecule has 0 aliphatic carbocycles. The van der Waals surface area contributed by atoms with Crippen molar-refractivity contribution < 1.29 is 64.6 Å². The van der Waals surface area contributed by atoms with Crippen molar-refractivity contribution in [3.63, 3.8) is 0 Å². The molecule has 0 bridgehead atoms. The molecular weight excluding hydrogens is 919 g/mol. The van der Waals surface area contributed by atoms with Crippen LogP contribution in [0, 0.1) is 0 Å². The monoisotopic (exact) mass is 1020 g/mol. The highest BCUT2D eigenvalue weighted by molar-refractivity contribution is 5.76. The van der Waals surface area contributed by atoms with Gasteiger partial charge in [0.25, 0.3) is 0 Å². The minimum atomic E-state index is -1.79. The number of allylic oxidation sites excluding steroid dienone is 11. The molecule has 2 aliphatic heterocycles. The first-order chi connectivity index (χ1) is 35.1. The molecule has 416 valence electrons. The lowest BCUT2D eigenvalue weighted by Crippen LogP contribution is -2.65. The number of rotatable bonds is 43. The van der Waals surface area contributed by atoms with Gasteiger partial charge in [0, 0.05) is 6.42 Å². The summed E-state index contributed by atoms with van der Waals surface area (Å²) >= 11 is 0. The third kappa shape index (κ3) is 29.5. The van der Waals surface area contributed by atoms with E-state index in [2.05, 4.69) is 66.9 Å². The number of ether oxygens (including phenoxy) is 4. The highest BCUT2D eigenvalue weighted by Crippen LogP contribution is 2.30. The van der Waals surface area contributed by atoms with Gasteiger partial charge < -0.3 is 65.1 Å². The topological polar surface area (TPSA) is 228 Å². The Bertz CT molecular complexity index is 1480. The number of hydrogen-bond donors (Lipinski definition) is 9. The largest absolute Gasteiger partial charge is 0.394 e. The first-order valence-electron chi connectivity index (χ1n) is 28.1. The lowest BCUT2D eigenvalue weighted by Gasteiger charge is -2.46. The van der Waals surface area contributed by atoms with Gasteiger partial charge in [-0.15, -0.1) is 0 Å². The zero-order valence-electron chi connectivity index (χ0n) is 44.4. The Labute approximate surface area is 434 Å². The Morgan fingerprint density at radius 2 is 0.986 bits per heavy atom. The fraction of sp³-hybridized carbons (Fsp3) is 0.776. The van der Waals surface area contributed by atoms with Crippen LogP contribution in [-0.2, 0) is 23.7 Å². The number of aliphatic hydroxyl groups excluding tert-OH is 8. The van der Waals surface area contributed by atoms with Gasteiger partial charge in [-0.05, 0) is 77.6 Å². The molecule has 0 spiro atoms. The molecule has 1 amide bonds. The predicted molar refractivity (Wildman–Crippen MR) is 286 cm³/mol. The molecule has 12 unspecified atom stereocenters. The summed E-state index contributed by atoms with van der Waals surface area (Å²) in [6.45, 7) is 2.50. The average molecular weight is 1020 g/mol. The molecule has 12 atom stereocenters. The molecule has 2 fully saturated rings. The molecule has 2 rings (SSSR count). The van der Waals surface area contributed by atoms with E-state index in [1.54, 1.807) is 6.08 Å². The second-order valence-corrected chi connectivity index (χ2v) is 19.7. The summed E-state index contributed by atoms with van der Waals surface area (Å²) in [4.78, 5) is 13.2. The van der Waals surface area contributed by atoms with E-state index in [0.29, 0.717) is 12.8 Å². The number of carbonyl (C=O) groups excluding carboxylic acids is 1. The van der Waals surface area contributed by atoms with E-state index in [-0.39, 0.29) is 18.9 Å². The van der Waals surface area contributed by atoms with Gasteiger partial charge in [-0.25, -0.2) is 0 Å². The molecule has 0 aromatic heterocycles. The minimum absolute atomic E-state index is 0.260. The van der Waals surface area contributed by atoms with E-state index < -0.39 is 86.8 Å². The highest BCUT2D eigenvalue weighted by Gasteiger charge is 2.51. The van der Waals surface area contributed by atoms with Crippen molar-refractivity contribution in [1.82, 2.24) is 5.32 Å². The molecule has 14 heteroatoms. The SMILES string of the molecule is C/C=C/CC/C=C/CC/C=C/C(O)C(COC1OC(CO)C(OC2OC(CO)C(O)C(O)C2O)C(O)C1O)NC(=O)CCCCCCCCCCCCCCCC/C=C\C/C=C\C/C=C\CCCCCCC. The van der Waals surface area contributed by atoms with E-state index in [4.69, 9.17) is 18.9 Å². The van der Waals surface area contributed by atoms with E-state index in [9.17, 15) is 45.6 Å². The molecule has 9 N–H and O–H groups in total. The molecule has 2 saturated heterocycles. The standard InChI is InChI=1S/C58H101NO13/c1-3-5-7-9-11-13-14-15-16-17-18-19-20-21-22-23-24-25-26-27-28-29-30-31-32-34-36-38-40-42-50(63)59-46(47(62)41-39-37-35-33-12-10-8-6-4-2)45-69-57-55(68)53(66)56(49(44-61)71-57)72-58-54(67)52(65)51(64)48(43-60)70-58/h4,6,12,14-15,17-18,20-21,33,39,41,46-49,51-58,60-62,64-68H,3,5,7-11,13,16,19,22-32,34-38,40,42-45H2,1-2H3,(H,59,63)/b6-4+,15-14-,18-17-,21-20-,33-12+,41-39+. The zero-order chi connectivity index (χ0) is 52.4. The van der Waals surface area contributed by atoms with Crippen LogP contribution < -0.4 is 5.32 Å². The van der Waals surface area contributed by atoms with Crippen LogP contribution in [0.2, 0.25) is 0 Å². The van der Waals surface area contributed by atoms with Gasteiger partial charge in [0.15, 0.2) is 12.6 Å². The number of hydrogen-bond acceptors (Lipinski definition) is 13. The summed E-state index contributed by atoms with van der Waals surface area (Å²) in [5.41, 5.74) is 0.